The number of aromatic nitrogens is 3. The van der Waals surface area contributed by atoms with Gasteiger partial charge in [-0.3, -0.25) is 4.79 Å². The quantitative estimate of drug-likeness (QED) is 0.409. The van der Waals surface area contributed by atoms with Crippen molar-refractivity contribution in [2.45, 2.75) is 30.6 Å². The first-order valence-electron chi connectivity index (χ1n) is 9.23. The molecule has 1 heterocycles. The molecule has 0 bridgehead atoms. The summed E-state index contributed by atoms with van der Waals surface area (Å²) in [5.41, 5.74) is 8.70. The zero-order valence-electron chi connectivity index (χ0n) is 16.1. The first kappa shape index (κ1) is 21.4. The fraction of sp³-hybridized carbons (Fsp3) is 0.286. The maximum Gasteiger partial charge on any atom is 0.306 e. The average Bonchev–Trinajstić information content (AvgIpc) is 3.13. The number of benzene rings is 2. The number of thioether (sulfide) groups is 1. The van der Waals surface area contributed by atoms with E-state index in [1.165, 1.54) is 18.9 Å². The zero-order chi connectivity index (χ0) is 20.6. The third-order valence-electron chi connectivity index (χ3n) is 4.39. The molecule has 0 saturated heterocycles. The van der Waals surface area contributed by atoms with Gasteiger partial charge >= 0.3 is 5.97 Å². The largest absolute Gasteiger partial charge is 0.469 e. The van der Waals surface area contributed by atoms with E-state index in [4.69, 9.17) is 22.1 Å². The number of methoxy groups -OCH3 is 1. The van der Waals surface area contributed by atoms with Gasteiger partial charge in [-0.15, -0.1) is 10.2 Å². The lowest BCUT2D eigenvalue weighted by Crippen LogP contribution is -2.20. The van der Waals surface area contributed by atoms with E-state index in [1.54, 1.807) is 0 Å². The van der Waals surface area contributed by atoms with Crippen LogP contribution in [0.1, 0.15) is 29.4 Å². The van der Waals surface area contributed by atoms with Crippen LogP contribution in [-0.4, -0.2) is 33.6 Å². The first-order valence-corrected chi connectivity index (χ1v) is 10.6. The smallest absolute Gasteiger partial charge is 0.306 e. The van der Waals surface area contributed by atoms with Crippen LogP contribution in [0.4, 0.5) is 0 Å². The molecule has 29 heavy (non-hydrogen) atoms. The van der Waals surface area contributed by atoms with Crippen LogP contribution in [0.5, 0.6) is 0 Å². The van der Waals surface area contributed by atoms with E-state index in [2.05, 4.69) is 22.3 Å². The second-order valence-corrected chi connectivity index (χ2v) is 8.02. The van der Waals surface area contributed by atoms with E-state index in [1.807, 2.05) is 47.0 Å². The molecule has 3 rings (SSSR count). The van der Waals surface area contributed by atoms with Crippen LogP contribution in [0, 0.1) is 0 Å². The second-order valence-electron chi connectivity index (χ2n) is 6.52. The minimum Gasteiger partial charge on any atom is -0.469 e. The molecule has 152 valence electrons. The Morgan fingerprint density at radius 3 is 2.55 bits per heavy atom. The second kappa shape index (κ2) is 10.4. The number of carbonyl (C=O) groups excluding carboxylic acids is 1. The molecule has 0 aliphatic carbocycles. The lowest BCUT2D eigenvalue weighted by Gasteiger charge is -2.15. The number of hydrogen-bond donors (Lipinski definition) is 1. The first-order chi connectivity index (χ1) is 14.1. The normalized spacial score (nSPS) is 12.0. The van der Waals surface area contributed by atoms with E-state index in [0.717, 1.165) is 16.3 Å². The summed E-state index contributed by atoms with van der Waals surface area (Å²) < 4.78 is 6.73. The predicted octanol–water partition coefficient (Wildman–Crippen LogP) is 3.88. The SMILES string of the molecule is COC(=O)CCSc1nnc(C(N)Cc2ccc(Cl)cc2)n1Cc1ccccc1. The highest BCUT2D eigenvalue weighted by Gasteiger charge is 2.19. The molecule has 0 fully saturated rings. The highest BCUT2D eigenvalue weighted by molar-refractivity contribution is 7.99. The van der Waals surface area contributed by atoms with Crippen molar-refractivity contribution in [2.24, 2.45) is 5.73 Å². The highest BCUT2D eigenvalue weighted by Crippen LogP contribution is 2.24. The maximum absolute atomic E-state index is 11.4. The number of nitrogens with zero attached hydrogens (tertiary/aromatic N) is 3. The Balaban J connectivity index is 1.80. The van der Waals surface area contributed by atoms with Crippen LogP contribution in [0.3, 0.4) is 0 Å². The molecule has 1 atom stereocenters. The summed E-state index contributed by atoms with van der Waals surface area (Å²) >= 11 is 7.44. The van der Waals surface area contributed by atoms with Crippen LogP contribution in [0.2, 0.25) is 5.02 Å². The van der Waals surface area contributed by atoms with Crippen molar-refractivity contribution in [1.82, 2.24) is 14.8 Å². The molecule has 0 aliphatic rings. The van der Waals surface area contributed by atoms with Gasteiger partial charge in [0.15, 0.2) is 11.0 Å². The van der Waals surface area contributed by atoms with Crippen molar-refractivity contribution >= 4 is 29.3 Å². The third-order valence-corrected chi connectivity index (χ3v) is 5.61. The Bertz CT molecular complexity index is 932. The molecule has 8 heteroatoms. The Morgan fingerprint density at radius 1 is 1.14 bits per heavy atom. The maximum atomic E-state index is 11.4. The molecule has 0 saturated carbocycles. The summed E-state index contributed by atoms with van der Waals surface area (Å²) in [5.74, 6) is 1.03. The summed E-state index contributed by atoms with van der Waals surface area (Å²) in [6.45, 7) is 0.609. The molecule has 2 aromatic carbocycles. The molecule has 0 aliphatic heterocycles. The molecular weight excluding hydrogens is 408 g/mol. The highest BCUT2D eigenvalue weighted by atomic mass is 35.5. The molecule has 6 nitrogen and oxygen atoms in total. The van der Waals surface area contributed by atoms with Gasteiger partial charge in [-0.05, 0) is 29.7 Å². The topological polar surface area (TPSA) is 83.0 Å². The molecule has 3 aromatic rings. The van der Waals surface area contributed by atoms with Gasteiger partial charge in [0, 0.05) is 10.8 Å². The van der Waals surface area contributed by atoms with E-state index in [0.29, 0.717) is 36.0 Å². The van der Waals surface area contributed by atoms with Crippen molar-refractivity contribution in [3.8, 4) is 0 Å². The zero-order valence-corrected chi connectivity index (χ0v) is 17.7. The van der Waals surface area contributed by atoms with Gasteiger partial charge < -0.3 is 15.0 Å². The Labute approximate surface area is 179 Å². The Hall–Kier alpha value is -2.35. The Kier molecular flexibility index (Phi) is 7.69. The molecule has 0 radical (unpaired) electrons. The summed E-state index contributed by atoms with van der Waals surface area (Å²) in [7, 11) is 1.39. The number of halogens is 1. The number of ether oxygens (including phenoxy) is 1. The fourth-order valence-electron chi connectivity index (χ4n) is 2.89. The van der Waals surface area contributed by atoms with Crippen LogP contribution in [-0.2, 0) is 22.5 Å². The van der Waals surface area contributed by atoms with Crippen molar-refractivity contribution in [1.29, 1.82) is 0 Å². The van der Waals surface area contributed by atoms with Crippen molar-refractivity contribution in [3.63, 3.8) is 0 Å². The average molecular weight is 431 g/mol. The van der Waals surface area contributed by atoms with Crippen LogP contribution < -0.4 is 5.73 Å². The van der Waals surface area contributed by atoms with E-state index in [9.17, 15) is 4.79 Å². The molecular formula is C21H23ClN4O2S. The minimum atomic E-state index is -0.317. The van der Waals surface area contributed by atoms with Gasteiger partial charge in [-0.25, -0.2) is 0 Å². The summed E-state index contributed by atoms with van der Waals surface area (Å²) in [6, 6.07) is 17.4. The monoisotopic (exact) mass is 430 g/mol. The number of carbonyl (C=O) groups is 1. The Morgan fingerprint density at radius 2 is 1.86 bits per heavy atom. The fourth-order valence-corrected chi connectivity index (χ4v) is 3.88. The summed E-state index contributed by atoms with van der Waals surface area (Å²) in [5, 5.41) is 10.1. The third kappa shape index (κ3) is 6.06. The van der Waals surface area contributed by atoms with Gasteiger partial charge in [-0.2, -0.15) is 0 Å². The number of hydrogen-bond acceptors (Lipinski definition) is 6. The van der Waals surface area contributed by atoms with Crippen molar-refractivity contribution in [2.75, 3.05) is 12.9 Å². The lowest BCUT2D eigenvalue weighted by molar-refractivity contribution is -0.140. The van der Waals surface area contributed by atoms with Gasteiger partial charge in [0.25, 0.3) is 0 Å². The van der Waals surface area contributed by atoms with E-state index >= 15 is 0 Å². The van der Waals surface area contributed by atoms with Gasteiger partial charge in [0.2, 0.25) is 0 Å². The van der Waals surface area contributed by atoms with Crippen LogP contribution >= 0.6 is 23.4 Å². The van der Waals surface area contributed by atoms with E-state index < -0.39 is 0 Å². The summed E-state index contributed by atoms with van der Waals surface area (Å²) in [4.78, 5) is 11.4. The standard InChI is InChI=1S/C21H23ClN4O2S/c1-28-19(27)11-12-29-21-25-24-20(26(21)14-16-5-3-2-4-6-16)18(23)13-15-7-9-17(22)10-8-15/h2-10,18H,11-14,23H2,1H3. The van der Waals surface area contributed by atoms with Crippen LogP contribution in [0.25, 0.3) is 0 Å². The minimum absolute atomic E-state index is 0.244. The van der Waals surface area contributed by atoms with Gasteiger partial charge in [0.1, 0.15) is 0 Å². The van der Waals surface area contributed by atoms with Crippen molar-refractivity contribution in [3.05, 3.63) is 76.6 Å². The number of esters is 1. The van der Waals surface area contributed by atoms with Gasteiger partial charge in [-0.1, -0.05) is 65.8 Å². The summed E-state index contributed by atoms with van der Waals surface area (Å²) in [6.07, 6.45) is 0.933. The molecule has 0 spiro atoms. The van der Waals surface area contributed by atoms with E-state index in [-0.39, 0.29) is 12.0 Å². The van der Waals surface area contributed by atoms with Crippen molar-refractivity contribution < 1.29 is 9.53 Å². The van der Waals surface area contributed by atoms with Gasteiger partial charge in [0.05, 0.1) is 26.1 Å². The lowest BCUT2D eigenvalue weighted by atomic mass is 10.1. The molecule has 1 aromatic heterocycles. The molecule has 1 unspecified atom stereocenters. The molecule has 0 amide bonds. The predicted molar refractivity (Wildman–Crippen MR) is 115 cm³/mol. The van der Waals surface area contributed by atoms with Crippen LogP contribution in [0.15, 0.2) is 59.8 Å². The number of rotatable bonds is 9. The number of nitrogens with two attached hydrogens (primary N) is 1. The molecule has 2 N–H and O–H groups in total.